The minimum Gasteiger partial charge on any atom is -0.370 e. The zero-order valence-corrected chi connectivity index (χ0v) is 7.30. The van der Waals surface area contributed by atoms with Crippen LogP contribution in [0.3, 0.4) is 0 Å². The molecule has 0 atom stereocenters. The second-order valence-corrected chi connectivity index (χ2v) is 2.37. The van der Waals surface area contributed by atoms with Gasteiger partial charge in [-0.2, -0.15) is 0 Å². The van der Waals surface area contributed by atoms with Crippen LogP contribution >= 0.6 is 0 Å². The second kappa shape index (κ2) is 7.48. The maximum Gasteiger partial charge on any atom is 0.158 e. The van der Waals surface area contributed by atoms with Crippen LogP contribution in [0.25, 0.3) is 0 Å². The van der Waals surface area contributed by atoms with Gasteiger partial charge in [0.2, 0.25) is 0 Å². The van der Waals surface area contributed by atoms with Crippen molar-refractivity contribution < 1.29 is 9.53 Å². The van der Waals surface area contributed by atoms with Crippen molar-refractivity contribution in [2.75, 3.05) is 13.2 Å². The lowest BCUT2D eigenvalue weighted by atomic mass is 10.2. The molecular weight excluding hydrogens is 140 g/mol. The van der Waals surface area contributed by atoms with Crippen LogP contribution < -0.4 is 0 Å². The molecule has 0 fully saturated rings. The molecule has 2 heteroatoms. The van der Waals surface area contributed by atoms with Crippen molar-refractivity contribution in [3.05, 3.63) is 12.2 Å². The van der Waals surface area contributed by atoms with Gasteiger partial charge in [-0.15, -0.1) is 0 Å². The summed E-state index contributed by atoms with van der Waals surface area (Å²) in [6.45, 7) is 4.73. The summed E-state index contributed by atoms with van der Waals surface area (Å²) in [5.74, 6) is 0.192. The molecule has 0 heterocycles. The van der Waals surface area contributed by atoms with Crippen molar-refractivity contribution >= 4 is 5.78 Å². The first-order chi connectivity index (χ1) is 5.31. The first-order valence-electron chi connectivity index (χ1n) is 4.01. The lowest BCUT2D eigenvalue weighted by Gasteiger charge is -1.97. The molecule has 0 saturated carbocycles. The molecule has 0 N–H and O–H groups in total. The predicted octanol–water partition coefficient (Wildman–Crippen LogP) is 1.95. The zero-order chi connectivity index (χ0) is 8.53. The van der Waals surface area contributed by atoms with Crippen LogP contribution in [-0.2, 0) is 9.53 Å². The SMILES string of the molecule is CC=CCOCC(=O)CCC. The normalized spacial score (nSPS) is 10.7. The van der Waals surface area contributed by atoms with Gasteiger partial charge in [0.1, 0.15) is 6.61 Å². The molecule has 0 radical (unpaired) electrons. The van der Waals surface area contributed by atoms with Crippen molar-refractivity contribution in [2.45, 2.75) is 26.7 Å². The van der Waals surface area contributed by atoms with Gasteiger partial charge in [-0.1, -0.05) is 19.1 Å². The molecule has 0 bridgehead atoms. The molecule has 0 aliphatic heterocycles. The Morgan fingerprint density at radius 1 is 1.55 bits per heavy atom. The van der Waals surface area contributed by atoms with E-state index in [2.05, 4.69) is 0 Å². The van der Waals surface area contributed by atoms with Crippen molar-refractivity contribution in [3.8, 4) is 0 Å². The van der Waals surface area contributed by atoms with Gasteiger partial charge in [0.15, 0.2) is 5.78 Å². The van der Waals surface area contributed by atoms with Crippen LogP contribution in [0.2, 0.25) is 0 Å². The van der Waals surface area contributed by atoms with E-state index in [1.165, 1.54) is 0 Å². The van der Waals surface area contributed by atoms with Crippen molar-refractivity contribution in [3.63, 3.8) is 0 Å². The van der Waals surface area contributed by atoms with Crippen LogP contribution in [0.5, 0.6) is 0 Å². The summed E-state index contributed by atoms with van der Waals surface area (Å²) in [5.41, 5.74) is 0. The van der Waals surface area contributed by atoms with Gasteiger partial charge in [-0.05, 0) is 13.3 Å². The maximum atomic E-state index is 10.9. The smallest absolute Gasteiger partial charge is 0.158 e. The van der Waals surface area contributed by atoms with Gasteiger partial charge in [0, 0.05) is 6.42 Å². The van der Waals surface area contributed by atoms with E-state index in [-0.39, 0.29) is 12.4 Å². The number of carbonyl (C=O) groups is 1. The van der Waals surface area contributed by atoms with Crippen molar-refractivity contribution in [1.82, 2.24) is 0 Å². The van der Waals surface area contributed by atoms with Gasteiger partial charge in [0.05, 0.1) is 6.61 Å². The molecule has 2 nitrogen and oxygen atoms in total. The highest BCUT2D eigenvalue weighted by Crippen LogP contribution is 1.89. The topological polar surface area (TPSA) is 26.3 Å². The fourth-order valence-corrected chi connectivity index (χ4v) is 0.688. The van der Waals surface area contributed by atoms with Crippen LogP contribution in [0.15, 0.2) is 12.2 Å². The highest BCUT2D eigenvalue weighted by molar-refractivity contribution is 5.79. The Bertz CT molecular complexity index is 128. The average molecular weight is 156 g/mol. The highest BCUT2D eigenvalue weighted by Gasteiger charge is 1.97. The van der Waals surface area contributed by atoms with E-state index in [4.69, 9.17) is 4.74 Å². The standard InChI is InChI=1S/C9H16O2/c1-3-5-7-11-8-9(10)6-4-2/h3,5H,4,6-8H2,1-2H3. The number of ketones is 1. The van der Waals surface area contributed by atoms with Crippen molar-refractivity contribution in [2.24, 2.45) is 0 Å². The van der Waals surface area contributed by atoms with Crippen LogP contribution in [-0.4, -0.2) is 19.0 Å². The highest BCUT2D eigenvalue weighted by atomic mass is 16.5. The fraction of sp³-hybridized carbons (Fsp3) is 0.667. The summed E-state index contributed by atoms with van der Waals surface area (Å²) in [6, 6.07) is 0. The number of hydrogen-bond donors (Lipinski definition) is 0. The molecule has 0 spiro atoms. The molecule has 0 aromatic rings. The third-order valence-corrected chi connectivity index (χ3v) is 1.24. The van der Waals surface area contributed by atoms with Gasteiger partial charge >= 0.3 is 0 Å². The summed E-state index contributed by atoms with van der Waals surface area (Å²) >= 11 is 0. The summed E-state index contributed by atoms with van der Waals surface area (Å²) in [6.07, 6.45) is 5.34. The van der Waals surface area contributed by atoms with E-state index < -0.39 is 0 Å². The van der Waals surface area contributed by atoms with Crippen LogP contribution in [0.4, 0.5) is 0 Å². The number of hydrogen-bond acceptors (Lipinski definition) is 2. The van der Waals surface area contributed by atoms with E-state index in [1.54, 1.807) is 0 Å². The van der Waals surface area contributed by atoms with Gasteiger partial charge in [-0.3, -0.25) is 4.79 Å². The first-order valence-corrected chi connectivity index (χ1v) is 4.01. The quantitative estimate of drug-likeness (QED) is 0.434. The number of rotatable bonds is 6. The monoisotopic (exact) mass is 156 g/mol. The van der Waals surface area contributed by atoms with Gasteiger partial charge in [-0.25, -0.2) is 0 Å². The Morgan fingerprint density at radius 3 is 2.82 bits per heavy atom. The number of ether oxygens (including phenoxy) is 1. The summed E-state index contributed by atoms with van der Waals surface area (Å²) < 4.78 is 5.05. The fourth-order valence-electron chi connectivity index (χ4n) is 0.688. The lowest BCUT2D eigenvalue weighted by molar-refractivity contribution is -0.123. The van der Waals surface area contributed by atoms with Gasteiger partial charge in [0.25, 0.3) is 0 Å². The Labute approximate surface area is 68.2 Å². The predicted molar refractivity (Wildman–Crippen MR) is 45.5 cm³/mol. The van der Waals surface area contributed by atoms with E-state index in [9.17, 15) is 4.79 Å². The molecule has 0 aliphatic carbocycles. The molecule has 0 rings (SSSR count). The minimum atomic E-state index is 0.192. The molecule has 0 unspecified atom stereocenters. The Kier molecular flexibility index (Phi) is 7.05. The molecular formula is C9H16O2. The largest absolute Gasteiger partial charge is 0.370 e. The summed E-state index contributed by atoms with van der Waals surface area (Å²) in [4.78, 5) is 10.9. The molecule has 0 aromatic carbocycles. The van der Waals surface area contributed by atoms with E-state index >= 15 is 0 Å². The first kappa shape index (κ1) is 10.4. The summed E-state index contributed by atoms with van der Waals surface area (Å²) in [5, 5.41) is 0. The Balaban J connectivity index is 3.17. The molecule has 0 aromatic heterocycles. The molecule has 0 amide bonds. The Morgan fingerprint density at radius 2 is 2.27 bits per heavy atom. The summed E-state index contributed by atoms with van der Waals surface area (Å²) in [7, 11) is 0. The minimum absolute atomic E-state index is 0.192. The average Bonchev–Trinajstić information content (AvgIpc) is 1.99. The zero-order valence-electron chi connectivity index (χ0n) is 7.30. The lowest BCUT2D eigenvalue weighted by Crippen LogP contribution is -2.07. The maximum absolute atomic E-state index is 10.9. The van der Waals surface area contributed by atoms with E-state index in [0.717, 1.165) is 6.42 Å². The van der Waals surface area contributed by atoms with Crippen LogP contribution in [0.1, 0.15) is 26.7 Å². The second-order valence-electron chi connectivity index (χ2n) is 2.37. The number of Topliss-reactive ketones (excluding diaryl/α,β-unsaturated/α-hetero) is 1. The molecule has 11 heavy (non-hydrogen) atoms. The number of carbonyl (C=O) groups excluding carboxylic acids is 1. The van der Waals surface area contributed by atoms with E-state index in [0.29, 0.717) is 13.0 Å². The molecule has 0 aliphatic rings. The Hall–Kier alpha value is -0.630. The molecule has 64 valence electrons. The third-order valence-electron chi connectivity index (χ3n) is 1.24. The van der Waals surface area contributed by atoms with Crippen molar-refractivity contribution in [1.29, 1.82) is 0 Å². The van der Waals surface area contributed by atoms with Gasteiger partial charge < -0.3 is 4.74 Å². The number of allylic oxidation sites excluding steroid dienone is 1. The van der Waals surface area contributed by atoms with Crippen LogP contribution in [0, 0.1) is 0 Å². The third kappa shape index (κ3) is 7.26. The molecule has 0 saturated heterocycles. The van der Waals surface area contributed by atoms with E-state index in [1.807, 2.05) is 26.0 Å².